The topological polar surface area (TPSA) is 143 Å². The number of methoxy groups -OCH3 is 1. The van der Waals surface area contributed by atoms with E-state index in [0.29, 0.717) is 25.7 Å². The Bertz CT molecular complexity index is 1270. The van der Waals surface area contributed by atoms with Gasteiger partial charge in [-0.3, -0.25) is 9.59 Å². The highest BCUT2D eigenvalue weighted by Gasteiger charge is 2.73. The molecule has 12 atom stereocenters. The quantitative estimate of drug-likeness (QED) is 0.160. The molecule has 9 nitrogen and oxygen atoms in total. The fraction of sp³-hybridized carbons (Fsp3) is 0.838. The van der Waals surface area contributed by atoms with Crippen molar-refractivity contribution in [3.05, 3.63) is 23.8 Å². The van der Waals surface area contributed by atoms with Crippen LogP contribution >= 0.6 is 0 Å². The highest BCUT2D eigenvalue weighted by atomic mass is 16.7. The fourth-order valence-corrected chi connectivity index (χ4v) is 11.0. The van der Waals surface area contributed by atoms with E-state index in [9.17, 15) is 30.0 Å². The van der Waals surface area contributed by atoms with E-state index in [1.807, 2.05) is 19.9 Å². The van der Waals surface area contributed by atoms with Crippen molar-refractivity contribution < 1.29 is 44.2 Å². The van der Waals surface area contributed by atoms with E-state index in [1.165, 1.54) is 21.0 Å². The highest BCUT2D eigenvalue weighted by Crippen LogP contribution is 2.73. The average Bonchev–Trinajstić information content (AvgIpc) is 3.49. The molecule has 3 fully saturated rings. The van der Waals surface area contributed by atoms with Gasteiger partial charge in [-0.2, -0.15) is 0 Å². The number of fused-ring (bicyclic) bond motifs is 5. The lowest BCUT2D eigenvalue weighted by atomic mass is 9.37. The van der Waals surface area contributed by atoms with Gasteiger partial charge in [0.15, 0.2) is 12.1 Å². The molecule has 46 heavy (non-hydrogen) atoms. The number of esters is 1. The van der Waals surface area contributed by atoms with Gasteiger partial charge < -0.3 is 34.6 Å². The molecule has 4 N–H and O–H groups in total. The minimum Gasteiger partial charge on any atom is -0.462 e. The molecule has 1 heterocycles. The van der Waals surface area contributed by atoms with Gasteiger partial charge in [-0.05, 0) is 62.4 Å². The first kappa shape index (κ1) is 35.7. The van der Waals surface area contributed by atoms with Crippen molar-refractivity contribution in [2.45, 2.75) is 149 Å². The third-order valence-electron chi connectivity index (χ3n) is 13.2. The molecule has 0 amide bonds. The van der Waals surface area contributed by atoms with Crippen LogP contribution in [-0.2, 0) is 23.8 Å². The summed E-state index contributed by atoms with van der Waals surface area (Å²) in [5, 5.41) is 46.3. The second-order valence-corrected chi connectivity index (χ2v) is 16.9. The number of ketones is 1. The smallest absolute Gasteiger partial charge is 0.306 e. The Balaban J connectivity index is 1.59. The molecule has 0 aromatic rings. The van der Waals surface area contributed by atoms with E-state index in [-0.39, 0.29) is 30.0 Å². The lowest BCUT2D eigenvalue weighted by Gasteiger charge is -2.67. The van der Waals surface area contributed by atoms with Crippen LogP contribution in [0.25, 0.3) is 0 Å². The van der Waals surface area contributed by atoms with Gasteiger partial charge in [0.2, 0.25) is 0 Å². The fourth-order valence-electron chi connectivity index (χ4n) is 11.0. The Morgan fingerprint density at radius 2 is 1.80 bits per heavy atom. The number of ether oxygens (including phenoxy) is 3. The number of allylic oxidation sites excluding steroid dienone is 3. The van der Waals surface area contributed by atoms with Gasteiger partial charge >= 0.3 is 5.97 Å². The van der Waals surface area contributed by atoms with E-state index in [0.717, 1.165) is 24.8 Å². The molecule has 0 radical (unpaired) electrons. The van der Waals surface area contributed by atoms with Crippen molar-refractivity contribution >= 4 is 11.8 Å². The van der Waals surface area contributed by atoms with Crippen molar-refractivity contribution in [3.63, 3.8) is 0 Å². The standard InChI is InChI=1S/C37H58O9/c1-10-11-12-13-28(40)45-21-19-35(7)23(14-15-24(35)37(43)20-22(46-31(37)44-9)30(41)33(4,5)42)36(8)27(39)18-25-32(2,3)26(38)16-17-34(25,6)29(21)36/h14,16-17,21-22,24-25,27,29-31,39,41-43H,10-13,15,18-20H2,1-9H3/t21-,22+,24-,25+,27-,29-,30-,31-,34+,35-,36-,37-/m1/s1. The molecule has 4 aliphatic carbocycles. The molecule has 9 heteroatoms. The van der Waals surface area contributed by atoms with Gasteiger partial charge in [-0.15, -0.1) is 0 Å². The van der Waals surface area contributed by atoms with Crippen molar-refractivity contribution in [2.75, 3.05) is 7.11 Å². The average molecular weight is 647 g/mol. The molecule has 1 saturated heterocycles. The zero-order chi connectivity index (χ0) is 34.3. The molecule has 5 rings (SSSR count). The number of unbranched alkanes of at least 4 members (excludes halogenated alkanes) is 2. The monoisotopic (exact) mass is 646 g/mol. The SMILES string of the molecule is CCCCCC(=O)O[C@@H]1C[C@]2(C)C(=CC[C@H]2[C@]2(O)C[C@@H]([C@@H](O)C(C)(C)O)O[C@H]2OC)[C@]2(C)[C@H](O)C[C@H]3C(C)(C)C(=O)C=C[C@]3(C)[C@@H]12. The highest BCUT2D eigenvalue weighted by molar-refractivity contribution is 5.95. The largest absolute Gasteiger partial charge is 0.462 e. The molecule has 0 bridgehead atoms. The summed E-state index contributed by atoms with van der Waals surface area (Å²) in [7, 11) is 1.46. The molecule has 0 spiro atoms. The second-order valence-electron chi connectivity index (χ2n) is 16.9. The normalized spacial score (nSPS) is 45.5. The Labute approximate surface area is 274 Å². The maximum atomic E-state index is 13.5. The van der Waals surface area contributed by atoms with Crippen LogP contribution in [0, 0.1) is 39.4 Å². The summed E-state index contributed by atoms with van der Waals surface area (Å²) >= 11 is 0. The minimum absolute atomic E-state index is 0.0385. The number of carbonyl (C=O) groups excluding carboxylic acids is 2. The molecule has 260 valence electrons. The van der Waals surface area contributed by atoms with Crippen LogP contribution in [0.2, 0.25) is 0 Å². The molecule has 2 saturated carbocycles. The first-order valence-corrected chi connectivity index (χ1v) is 17.4. The van der Waals surface area contributed by atoms with Crippen molar-refractivity contribution in [2.24, 2.45) is 39.4 Å². The number of aliphatic hydroxyl groups excluding tert-OH is 2. The number of aliphatic hydroxyl groups is 4. The summed E-state index contributed by atoms with van der Waals surface area (Å²) in [6.07, 6.45) is 5.53. The summed E-state index contributed by atoms with van der Waals surface area (Å²) in [6, 6.07) is 0. The van der Waals surface area contributed by atoms with Crippen LogP contribution in [0.1, 0.15) is 107 Å². The van der Waals surface area contributed by atoms with E-state index in [4.69, 9.17) is 14.2 Å². The Kier molecular flexibility index (Phi) is 9.13. The van der Waals surface area contributed by atoms with Crippen molar-refractivity contribution in [1.29, 1.82) is 0 Å². The van der Waals surface area contributed by atoms with Gasteiger partial charge in [0.05, 0.1) is 17.8 Å². The van der Waals surface area contributed by atoms with Crippen molar-refractivity contribution in [3.8, 4) is 0 Å². The van der Waals surface area contributed by atoms with Crippen LogP contribution in [0.3, 0.4) is 0 Å². The molecule has 1 aliphatic heterocycles. The summed E-state index contributed by atoms with van der Waals surface area (Å²) in [4.78, 5) is 26.7. The lowest BCUT2D eigenvalue weighted by molar-refractivity contribution is -0.238. The molecule has 5 aliphatic rings. The first-order chi connectivity index (χ1) is 21.2. The number of carbonyl (C=O) groups is 2. The van der Waals surface area contributed by atoms with Crippen LogP contribution in [-0.4, -0.2) is 81.2 Å². The molecule has 0 aromatic heterocycles. The van der Waals surface area contributed by atoms with Gasteiger partial charge in [-0.1, -0.05) is 72.1 Å². The number of rotatable bonds is 9. The predicted octanol–water partition coefficient (Wildman–Crippen LogP) is 4.63. The maximum absolute atomic E-state index is 13.5. The zero-order valence-corrected chi connectivity index (χ0v) is 29.3. The van der Waals surface area contributed by atoms with Gasteiger partial charge in [0.25, 0.3) is 0 Å². The summed E-state index contributed by atoms with van der Waals surface area (Å²) in [6.45, 7) is 15.3. The van der Waals surface area contributed by atoms with Crippen LogP contribution in [0.4, 0.5) is 0 Å². The van der Waals surface area contributed by atoms with E-state index >= 15 is 0 Å². The molecule has 0 aromatic carbocycles. The number of hydrogen-bond donors (Lipinski definition) is 4. The second kappa shape index (κ2) is 11.8. The predicted molar refractivity (Wildman–Crippen MR) is 172 cm³/mol. The van der Waals surface area contributed by atoms with Gasteiger partial charge in [-0.25, -0.2) is 0 Å². The van der Waals surface area contributed by atoms with Crippen LogP contribution in [0.15, 0.2) is 23.8 Å². The van der Waals surface area contributed by atoms with Gasteiger partial charge in [0, 0.05) is 42.6 Å². The lowest BCUT2D eigenvalue weighted by Crippen LogP contribution is -2.68. The zero-order valence-electron chi connectivity index (χ0n) is 29.3. The molecular formula is C37H58O9. The number of hydrogen-bond acceptors (Lipinski definition) is 9. The Morgan fingerprint density at radius 1 is 1.13 bits per heavy atom. The van der Waals surface area contributed by atoms with Crippen LogP contribution < -0.4 is 0 Å². The van der Waals surface area contributed by atoms with E-state index in [1.54, 1.807) is 6.08 Å². The third-order valence-corrected chi connectivity index (χ3v) is 13.2. The van der Waals surface area contributed by atoms with Gasteiger partial charge in [0.1, 0.15) is 17.8 Å². The van der Waals surface area contributed by atoms with Crippen molar-refractivity contribution in [1.82, 2.24) is 0 Å². The summed E-state index contributed by atoms with van der Waals surface area (Å²) in [5.41, 5.74) is -4.77. The van der Waals surface area contributed by atoms with E-state index in [2.05, 4.69) is 33.8 Å². The minimum atomic E-state index is -1.54. The Hall–Kier alpha value is -1.62. The van der Waals surface area contributed by atoms with E-state index < -0.39 is 69.5 Å². The first-order valence-electron chi connectivity index (χ1n) is 17.4. The molecule has 0 unspecified atom stereocenters. The maximum Gasteiger partial charge on any atom is 0.306 e. The Morgan fingerprint density at radius 3 is 2.41 bits per heavy atom. The molecular weight excluding hydrogens is 588 g/mol. The third kappa shape index (κ3) is 5.18. The van der Waals surface area contributed by atoms with Crippen LogP contribution in [0.5, 0.6) is 0 Å². The summed E-state index contributed by atoms with van der Waals surface area (Å²) in [5.74, 6) is -1.16. The summed E-state index contributed by atoms with van der Waals surface area (Å²) < 4.78 is 18.3.